The highest BCUT2D eigenvalue weighted by molar-refractivity contribution is 7.93. The first-order chi connectivity index (χ1) is 17.9. The van der Waals surface area contributed by atoms with Gasteiger partial charge in [0.15, 0.2) is 5.13 Å². The molecule has 2 aromatic carbocycles. The Morgan fingerprint density at radius 2 is 1.97 bits per heavy atom. The zero-order chi connectivity index (χ0) is 26.0. The normalized spacial score (nSPS) is 18.1. The fraction of sp³-hybridized carbons (Fsp3) is 0.423. The third-order valence-corrected chi connectivity index (χ3v) is 9.57. The Morgan fingerprint density at radius 1 is 1.16 bits per heavy atom. The quantitative estimate of drug-likeness (QED) is 0.392. The van der Waals surface area contributed by atoms with Crippen LogP contribution in [0.4, 0.5) is 9.52 Å². The van der Waals surface area contributed by atoms with E-state index in [1.165, 1.54) is 39.0 Å². The molecular weight excluding hydrogens is 517 g/mol. The zero-order valence-electron chi connectivity index (χ0n) is 20.9. The van der Waals surface area contributed by atoms with Crippen LogP contribution in [0.25, 0.3) is 0 Å². The maximum atomic E-state index is 15.7. The van der Waals surface area contributed by atoms with Crippen LogP contribution in [0.2, 0.25) is 0 Å². The van der Waals surface area contributed by atoms with Crippen molar-refractivity contribution >= 4 is 26.5 Å². The molecule has 1 aromatic heterocycles. The van der Waals surface area contributed by atoms with E-state index in [9.17, 15) is 8.42 Å². The summed E-state index contributed by atoms with van der Waals surface area (Å²) >= 11 is 1.16. The van der Waals surface area contributed by atoms with Gasteiger partial charge in [0.2, 0.25) is 0 Å². The number of hydrogen-bond acceptors (Lipinski definition) is 8. The van der Waals surface area contributed by atoms with E-state index in [1.54, 1.807) is 23.6 Å². The van der Waals surface area contributed by atoms with E-state index < -0.39 is 20.7 Å². The minimum absolute atomic E-state index is 0.0222. The number of aromatic nitrogens is 1. The minimum Gasteiger partial charge on any atom is -0.497 e. The number of fused-ring (bicyclic) bond motifs is 1. The molecule has 0 radical (unpaired) electrons. The van der Waals surface area contributed by atoms with Gasteiger partial charge in [0, 0.05) is 47.3 Å². The number of halogens is 1. The van der Waals surface area contributed by atoms with Crippen molar-refractivity contribution in [1.82, 2.24) is 9.88 Å². The molecule has 0 bridgehead atoms. The fourth-order valence-corrected chi connectivity index (χ4v) is 7.36. The Morgan fingerprint density at radius 3 is 2.68 bits per heavy atom. The molecule has 2 aliphatic rings. The van der Waals surface area contributed by atoms with Crippen molar-refractivity contribution < 1.29 is 27.0 Å². The summed E-state index contributed by atoms with van der Waals surface area (Å²) in [5.41, 5.74) is 1.30. The van der Waals surface area contributed by atoms with Gasteiger partial charge in [-0.05, 0) is 44.1 Å². The van der Waals surface area contributed by atoms with Crippen LogP contribution in [0, 0.1) is 5.82 Å². The number of methoxy groups -OCH3 is 2. The lowest BCUT2D eigenvalue weighted by Crippen LogP contribution is -2.36. The predicted octanol–water partition coefficient (Wildman–Crippen LogP) is 5.00. The Hall–Kier alpha value is -2.89. The van der Waals surface area contributed by atoms with Crippen molar-refractivity contribution in [2.24, 2.45) is 0 Å². The Bertz CT molecular complexity index is 1340. The summed E-state index contributed by atoms with van der Waals surface area (Å²) in [7, 11) is -1.30. The molecule has 11 heteroatoms. The second-order valence-electron chi connectivity index (χ2n) is 9.07. The highest BCUT2D eigenvalue weighted by Crippen LogP contribution is 2.41. The highest BCUT2D eigenvalue weighted by Gasteiger charge is 2.35. The van der Waals surface area contributed by atoms with Gasteiger partial charge in [0.25, 0.3) is 10.0 Å². The van der Waals surface area contributed by atoms with Gasteiger partial charge in [-0.2, -0.15) is 0 Å². The summed E-state index contributed by atoms with van der Waals surface area (Å²) in [5, 5.41) is 1.90. The molecule has 0 spiro atoms. The average molecular weight is 548 g/mol. The van der Waals surface area contributed by atoms with Crippen LogP contribution in [0.3, 0.4) is 0 Å². The van der Waals surface area contributed by atoms with Crippen LogP contribution in [0.15, 0.2) is 46.8 Å². The van der Waals surface area contributed by atoms with Crippen molar-refractivity contribution in [2.45, 2.75) is 43.2 Å². The van der Waals surface area contributed by atoms with Crippen LogP contribution in [0.1, 0.15) is 42.9 Å². The molecule has 0 N–H and O–H groups in total. The molecule has 37 heavy (non-hydrogen) atoms. The largest absolute Gasteiger partial charge is 0.497 e. The summed E-state index contributed by atoms with van der Waals surface area (Å²) in [6.07, 6.45) is 5.69. The average Bonchev–Trinajstić information content (AvgIpc) is 3.46. The smallest absolute Gasteiger partial charge is 0.269 e. The third kappa shape index (κ3) is 5.12. The number of piperidine rings is 1. The molecule has 0 unspecified atom stereocenters. The number of benzene rings is 2. The van der Waals surface area contributed by atoms with Crippen LogP contribution >= 0.6 is 11.3 Å². The maximum absolute atomic E-state index is 15.7. The van der Waals surface area contributed by atoms with Gasteiger partial charge in [-0.25, -0.2) is 22.1 Å². The number of thiazole rings is 1. The van der Waals surface area contributed by atoms with E-state index in [2.05, 4.69) is 9.88 Å². The minimum atomic E-state index is -4.34. The summed E-state index contributed by atoms with van der Waals surface area (Å²) < 4.78 is 61.3. The Balaban J connectivity index is 1.53. The number of sulfonamides is 1. The molecule has 1 atom stereocenters. The first-order valence-electron chi connectivity index (χ1n) is 12.3. The van der Waals surface area contributed by atoms with E-state index in [4.69, 9.17) is 14.2 Å². The van der Waals surface area contributed by atoms with Crippen molar-refractivity contribution in [3.8, 4) is 17.2 Å². The molecule has 0 aliphatic carbocycles. The van der Waals surface area contributed by atoms with Crippen LogP contribution < -0.4 is 18.5 Å². The SMILES string of the molecule is COc1ccc(CN(c2nccs2)S(=O)(=O)c2cc3c(cc2F)[C@H](N2CCCCC2)CCO3)c(OC)c1. The molecular formula is C26H30FN3O5S2. The fourth-order valence-electron chi connectivity index (χ4n) is 5.03. The van der Waals surface area contributed by atoms with E-state index >= 15 is 4.39 Å². The standard InChI is InChI=1S/C26H30FN3O5S2/c1-33-19-7-6-18(23(14-19)34-2)17-30(26-28-9-13-36-26)37(31,32)25-16-24-20(15-21(25)27)22(8-12-35-24)29-10-4-3-5-11-29/h6-7,9,13-16,22H,3-5,8,10-12,17H2,1-2H3/t22-/m1/s1. The number of nitrogens with zero attached hydrogens (tertiary/aromatic N) is 3. The monoisotopic (exact) mass is 547 g/mol. The molecule has 1 saturated heterocycles. The first kappa shape index (κ1) is 25.7. The second-order valence-corrected chi connectivity index (χ2v) is 11.8. The van der Waals surface area contributed by atoms with Gasteiger partial charge in [-0.15, -0.1) is 11.3 Å². The van der Waals surface area contributed by atoms with E-state index in [-0.39, 0.29) is 17.7 Å². The van der Waals surface area contributed by atoms with Crippen LogP contribution in [-0.2, 0) is 16.6 Å². The summed E-state index contributed by atoms with van der Waals surface area (Å²) in [4.78, 5) is 6.14. The predicted molar refractivity (Wildman–Crippen MR) is 140 cm³/mol. The molecule has 2 aliphatic heterocycles. The topological polar surface area (TPSA) is 81.2 Å². The third-order valence-electron chi connectivity index (χ3n) is 6.91. The van der Waals surface area contributed by atoms with Gasteiger partial charge < -0.3 is 14.2 Å². The Labute approximate surface area is 220 Å². The number of hydrogen-bond donors (Lipinski definition) is 0. The highest BCUT2D eigenvalue weighted by atomic mass is 32.2. The molecule has 198 valence electrons. The van der Waals surface area contributed by atoms with Crippen molar-refractivity contribution in [3.05, 3.63) is 58.9 Å². The molecule has 3 aromatic rings. The van der Waals surface area contributed by atoms with Crippen molar-refractivity contribution in [1.29, 1.82) is 0 Å². The summed E-state index contributed by atoms with van der Waals surface area (Å²) in [6.45, 7) is 2.26. The molecule has 0 saturated carbocycles. The van der Waals surface area contributed by atoms with Gasteiger partial charge in [0.1, 0.15) is 28.0 Å². The molecule has 8 nitrogen and oxygen atoms in total. The number of ether oxygens (including phenoxy) is 3. The van der Waals surface area contributed by atoms with E-state index in [0.717, 1.165) is 48.0 Å². The van der Waals surface area contributed by atoms with Crippen molar-refractivity contribution in [2.75, 3.05) is 38.2 Å². The lowest BCUT2D eigenvalue weighted by molar-refractivity contribution is 0.118. The Kier molecular flexibility index (Phi) is 7.55. The van der Waals surface area contributed by atoms with E-state index in [0.29, 0.717) is 35.0 Å². The van der Waals surface area contributed by atoms with Gasteiger partial charge in [-0.1, -0.05) is 6.42 Å². The summed E-state index contributed by atoms with van der Waals surface area (Å²) in [6, 6.07) is 7.82. The van der Waals surface area contributed by atoms with E-state index in [1.807, 2.05) is 0 Å². The molecule has 0 amide bonds. The van der Waals surface area contributed by atoms with Crippen LogP contribution in [0.5, 0.6) is 17.2 Å². The first-order valence-corrected chi connectivity index (χ1v) is 14.6. The maximum Gasteiger partial charge on any atom is 0.269 e. The van der Waals surface area contributed by atoms with Crippen molar-refractivity contribution in [3.63, 3.8) is 0 Å². The lowest BCUT2D eigenvalue weighted by Gasteiger charge is -2.38. The van der Waals surface area contributed by atoms with Gasteiger partial charge in [-0.3, -0.25) is 4.90 Å². The molecule has 5 rings (SSSR count). The van der Waals surface area contributed by atoms with Gasteiger partial charge >= 0.3 is 0 Å². The zero-order valence-corrected chi connectivity index (χ0v) is 22.5. The number of likely N-dealkylation sites (tertiary alicyclic amines) is 1. The number of anilines is 1. The molecule has 1 fully saturated rings. The lowest BCUT2D eigenvalue weighted by atomic mass is 9.96. The summed E-state index contributed by atoms with van der Waals surface area (Å²) in [5.74, 6) is 0.651. The second kappa shape index (κ2) is 10.8. The molecule has 3 heterocycles. The van der Waals surface area contributed by atoms with Gasteiger partial charge in [0.05, 0.1) is 27.4 Å². The number of rotatable bonds is 8. The van der Waals surface area contributed by atoms with Crippen LogP contribution in [-0.4, -0.2) is 52.2 Å².